The summed E-state index contributed by atoms with van der Waals surface area (Å²) in [6.45, 7) is 3.58. The summed E-state index contributed by atoms with van der Waals surface area (Å²) in [5.41, 5.74) is 3.65. The fraction of sp³-hybridized carbons (Fsp3) is 0.167. The molecule has 9 heteroatoms. The maximum atomic E-state index is 13.5. The van der Waals surface area contributed by atoms with Gasteiger partial charge < -0.3 is 4.90 Å². The van der Waals surface area contributed by atoms with Crippen LogP contribution >= 0.6 is 34.5 Å². The van der Waals surface area contributed by atoms with Crippen LogP contribution in [0.1, 0.15) is 31.3 Å². The van der Waals surface area contributed by atoms with E-state index in [9.17, 15) is 9.59 Å². The number of thiazole rings is 1. The molecule has 0 saturated heterocycles. The van der Waals surface area contributed by atoms with Crippen LogP contribution in [0.2, 0.25) is 10.0 Å². The van der Waals surface area contributed by atoms with Gasteiger partial charge in [0.15, 0.2) is 5.13 Å². The SMILES string of the molecule is Cc1nc(NC(=O)c2c(C)c(-c3ccc(Cl)cc3Cl)nc3ccccc23)sc1C(=O)N(C)C. The Labute approximate surface area is 205 Å². The molecular weight excluding hydrogens is 479 g/mol. The lowest BCUT2D eigenvalue weighted by Crippen LogP contribution is -2.21. The van der Waals surface area contributed by atoms with Gasteiger partial charge in [-0.3, -0.25) is 14.9 Å². The summed E-state index contributed by atoms with van der Waals surface area (Å²) < 4.78 is 0. The molecule has 0 aliphatic carbocycles. The van der Waals surface area contributed by atoms with Crippen LogP contribution < -0.4 is 5.32 Å². The van der Waals surface area contributed by atoms with Gasteiger partial charge in [-0.15, -0.1) is 0 Å². The van der Waals surface area contributed by atoms with Crippen LogP contribution in [0, 0.1) is 13.8 Å². The molecule has 168 valence electrons. The summed E-state index contributed by atoms with van der Waals surface area (Å²) in [7, 11) is 3.35. The predicted octanol–water partition coefficient (Wildman–Crippen LogP) is 6.24. The number of amides is 2. The maximum absolute atomic E-state index is 13.5. The van der Waals surface area contributed by atoms with Crippen molar-refractivity contribution >= 4 is 62.4 Å². The number of hydrogen-bond donors (Lipinski definition) is 1. The van der Waals surface area contributed by atoms with Crippen molar-refractivity contribution in [2.24, 2.45) is 0 Å². The third-order valence-corrected chi connectivity index (χ3v) is 6.78. The third kappa shape index (κ3) is 4.44. The Balaban J connectivity index is 1.82. The van der Waals surface area contributed by atoms with Crippen molar-refractivity contribution in [2.45, 2.75) is 13.8 Å². The number of carbonyl (C=O) groups excluding carboxylic acids is 2. The zero-order valence-corrected chi connectivity index (χ0v) is 20.7. The fourth-order valence-electron chi connectivity index (χ4n) is 3.55. The van der Waals surface area contributed by atoms with Crippen LogP contribution in [0.4, 0.5) is 5.13 Å². The van der Waals surface area contributed by atoms with E-state index in [1.54, 1.807) is 39.2 Å². The minimum absolute atomic E-state index is 0.157. The van der Waals surface area contributed by atoms with E-state index in [0.29, 0.717) is 59.0 Å². The summed E-state index contributed by atoms with van der Waals surface area (Å²) in [6.07, 6.45) is 0. The number of anilines is 1. The van der Waals surface area contributed by atoms with Crippen LogP contribution in [0.5, 0.6) is 0 Å². The molecule has 4 aromatic rings. The van der Waals surface area contributed by atoms with Crippen molar-refractivity contribution in [2.75, 3.05) is 19.4 Å². The molecule has 2 aromatic carbocycles. The summed E-state index contributed by atoms with van der Waals surface area (Å²) in [5.74, 6) is -0.495. The largest absolute Gasteiger partial charge is 0.344 e. The van der Waals surface area contributed by atoms with E-state index in [-0.39, 0.29) is 11.8 Å². The van der Waals surface area contributed by atoms with Gasteiger partial charge >= 0.3 is 0 Å². The number of pyridine rings is 1. The van der Waals surface area contributed by atoms with Gasteiger partial charge in [-0.05, 0) is 43.7 Å². The Bertz CT molecular complexity index is 1420. The number of halogens is 2. The van der Waals surface area contributed by atoms with Crippen molar-refractivity contribution in [3.8, 4) is 11.3 Å². The summed E-state index contributed by atoms with van der Waals surface area (Å²) >= 11 is 13.7. The maximum Gasteiger partial charge on any atom is 0.265 e. The van der Waals surface area contributed by atoms with Crippen LogP contribution in [-0.2, 0) is 0 Å². The van der Waals surface area contributed by atoms with Crippen LogP contribution in [0.25, 0.3) is 22.2 Å². The van der Waals surface area contributed by atoms with E-state index < -0.39 is 0 Å². The lowest BCUT2D eigenvalue weighted by molar-refractivity contribution is 0.0831. The number of para-hydroxylation sites is 1. The standard InChI is InChI=1S/C24H20Cl2N4O2S/c1-12-19(22(31)29-24-27-13(2)21(33-24)23(32)30(3)4)16-7-5-6-8-18(16)28-20(12)15-10-9-14(25)11-17(15)26/h5-11H,1-4H3,(H,27,29,31). The van der Waals surface area contributed by atoms with Crippen LogP contribution in [-0.4, -0.2) is 40.8 Å². The highest BCUT2D eigenvalue weighted by atomic mass is 35.5. The summed E-state index contributed by atoms with van der Waals surface area (Å²) in [4.78, 5) is 37.0. The third-order valence-electron chi connectivity index (χ3n) is 5.17. The van der Waals surface area contributed by atoms with Crippen LogP contribution in [0.15, 0.2) is 42.5 Å². The molecule has 0 radical (unpaired) electrons. The Morgan fingerprint density at radius 2 is 1.76 bits per heavy atom. The van der Waals surface area contributed by atoms with E-state index in [2.05, 4.69) is 10.3 Å². The molecule has 0 fully saturated rings. The molecular formula is C24H20Cl2N4O2S. The normalized spacial score (nSPS) is 11.0. The number of fused-ring (bicyclic) bond motifs is 1. The highest BCUT2D eigenvalue weighted by molar-refractivity contribution is 7.17. The number of hydrogen-bond acceptors (Lipinski definition) is 5. The molecule has 0 atom stereocenters. The first-order valence-corrected chi connectivity index (χ1v) is 11.6. The second-order valence-electron chi connectivity index (χ2n) is 7.69. The fourth-order valence-corrected chi connectivity index (χ4v) is 5.04. The predicted molar refractivity (Wildman–Crippen MR) is 135 cm³/mol. The van der Waals surface area contributed by atoms with Gasteiger partial charge in [0.05, 0.1) is 27.5 Å². The van der Waals surface area contributed by atoms with Gasteiger partial charge in [0.25, 0.3) is 11.8 Å². The van der Waals surface area contributed by atoms with Gasteiger partial charge in [-0.2, -0.15) is 0 Å². The molecule has 2 aromatic heterocycles. The molecule has 2 heterocycles. The quantitative estimate of drug-likeness (QED) is 0.361. The number of benzene rings is 2. The number of nitrogens with zero attached hydrogens (tertiary/aromatic N) is 3. The first-order chi connectivity index (χ1) is 15.7. The highest BCUT2D eigenvalue weighted by Crippen LogP contribution is 2.35. The number of nitrogens with one attached hydrogen (secondary N) is 1. The molecule has 6 nitrogen and oxygen atoms in total. The minimum Gasteiger partial charge on any atom is -0.344 e. The topological polar surface area (TPSA) is 75.2 Å². The van der Waals surface area contributed by atoms with Crippen molar-refractivity contribution in [1.82, 2.24) is 14.9 Å². The van der Waals surface area contributed by atoms with E-state index in [0.717, 1.165) is 11.3 Å². The van der Waals surface area contributed by atoms with E-state index in [4.69, 9.17) is 28.2 Å². The molecule has 2 amide bonds. The molecule has 0 aliphatic heterocycles. The van der Waals surface area contributed by atoms with Crippen LogP contribution in [0.3, 0.4) is 0 Å². The number of rotatable bonds is 4. The first-order valence-electron chi connectivity index (χ1n) is 10.0. The second-order valence-corrected chi connectivity index (χ2v) is 9.53. The second kappa shape index (κ2) is 9.09. The number of aryl methyl sites for hydroxylation is 1. The molecule has 0 bridgehead atoms. The monoisotopic (exact) mass is 498 g/mol. The van der Waals surface area contributed by atoms with Gasteiger partial charge in [0.2, 0.25) is 0 Å². The van der Waals surface area contributed by atoms with Crippen molar-refractivity contribution in [1.29, 1.82) is 0 Å². The molecule has 4 rings (SSSR count). The zero-order chi connectivity index (χ0) is 23.9. The molecule has 0 unspecified atom stereocenters. The minimum atomic E-state index is -0.338. The van der Waals surface area contributed by atoms with Crippen molar-refractivity contribution in [3.05, 3.63) is 74.2 Å². The number of aromatic nitrogens is 2. The van der Waals surface area contributed by atoms with E-state index in [1.807, 2.05) is 31.2 Å². The van der Waals surface area contributed by atoms with E-state index in [1.165, 1.54) is 4.90 Å². The average Bonchev–Trinajstić information content (AvgIpc) is 3.12. The Morgan fingerprint density at radius 3 is 2.45 bits per heavy atom. The smallest absolute Gasteiger partial charge is 0.265 e. The molecule has 0 saturated carbocycles. The lowest BCUT2D eigenvalue weighted by Gasteiger charge is -2.15. The number of carbonyl (C=O) groups is 2. The Kier molecular flexibility index (Phi) is 6.38. The Hall–Kier alpha value is -3.00. The van der Waals surface area contributed by atoms with E-state index >= 15 is 0 Å². The highest BCUT2D eigenvalue weighted by Gasteiger charge is 2.23. The molecule has 0 spiro atoms. The molecule has 33 heavy (non-hydrogen) atoms. The molecule has 0 aliphatic rings. The lowest BCUT2D eigenvalue weighted by atomic mass is 9.97. The van der Waals surface area contributed by atoms with Gasteiger partial charge in [-0.1, -0.05) is 52.7 Å². The van der Waals surface area contributed by atoms with Crippen molar-refractivity contribution < 1.29 is 9.59 Å². The summed E-state index contributed by atoms with van der Waals surface area (Å²) in [5, 5.41) is 4.89. The average molecular weight is 499 g/mol. The summed E-state index contributed by atoms with van der Waals surface area (Å²) in [6, 6.07) is 12.6. The van der Waals surface area contributed by atoms with Gasteiger partial charge in [0, 0.05) is 30.1 Å². The first kappa shape index (κ1) is 23.2. The van der Waals surface area contributed by atoms with Gasteiger partial charge in [-0.25, -0.2) is 9.97 Å². The van der Waals surface area contributed by atoms with Gasteiger partial charge in [0.1, 0.15) is 4.88 Å². The van der Waals surface area contributed by atoms with Crippen molar-refractivity contribution in [3.63, 3.8) is 0 Å². The zero-order valence-electron chi connectivity index (χ0n) is 18.4. The Morgan fingerprint density at radius 1 is 1.03 bits per heavy atom. The molecule has 1 N–H and O–H groups in total.